The van der Waals surface area contributed by atoms with Crippen molar-refractivity contribution in [3.63, 3.8) is 0 Å². The molecule has 0 bridgehead atoms. The number of benzene rings is 1. The van der Waals surface area contributed by atoms with E-state index in [1.54, 1.807) is 7.05 Å². The van der Waals surface area contributed by atoms with Gasteiger partial charge in [-0.1, -0.05) is 11.6 Å². The van der Waals surface area contributed by atoms with Crippen LogP contribution in [-0.2, 0) is 11.3 Å². The van der Waals surface area contributed by atoms with Gasteiger partial charge in [-0.3, -0.25) is 4.79 Å². The summed E-state index contributed by atoms with van der Waals surface area (Å²) in [4.78, 5) is 29.3. The zero-order valence-electron chi connectivity index (χ0n) is 14.2. The molecule has 140 valence electrons. The molecule has 0 spiro atoms. The maximum atomic E-state index is 13.3. The molecule has 27 heavy (non-hydrogen) atoms. The number of nitrogens with one attached hydrogen (secondary N) is 2. The van der Waals surface area contributed by atoms with E-state index in [2.05, 4.69) is 10.3 Å². The molecule has 1 aliphatic heterocycles. The first-order valence-electron chi connectivity index (χ1n) is 8.14. The van der Waals surface area contributed by atoms with Crippen molar-refractivity contribution in [1.82, 2.24) is 9.88 Å². The molecule has 0 aliphatic carbocycles. The van der Waals surface area contributed by atoms with Gasteiger partial charge >= 0.3 is 6.03 Å². The fraction of sp³-hybridized carbons (Fsp3) is 0.222. The number of urea groups is 1. The molecule has 3 aromatic rings. The van der Waals surface area contributed by atoms with Gasteiger partial charge in [0, 0.05) is 29.4 Å². The summed E-state index contributed by atoms with van der Waals surface area (Å²) in [6.45, 7) is 0.591. The Hall–Kier alpha value is -2.42. The number of hydrogen-bond acceptors (Lipinski definition) is 4. The zero-order chi connectivity index (χ0) is 19.1. The molecule has 9 heteroatoms. The molecular weight excluding hydrogens is 393 g/mol. The quantitative estimate of drug-likeness (QED) is 0.671. The summed E-state index contributed by atoms with van der Waals surface area (Å²) in [6.07, 6.45) is 0. The van der Waals surface area contributed by atoms with Gasteiger partial charge in [0.25, 0.3) is 5.56 Å². The topological polar surface area (TPSA) is 74.4 Å². The third-order valence-corrected chi connectivity index (χ3v) is 5.77. The van der Waals surface area contributed by atoms with Crippen LogP contribution in [0.15, 0.2) is 34.4 Å². The number of H-pyrrole nitrogens is 1. The highest BCUT2D eigenvalue weighted by atomic mass is 35.5. The van der Waals surface area contributed by atoms with E-state index in [1.165, 1.54) is 34.4 Å². The number of ether oxygens (including phenoxy) is 1. The number of aromatic nitrogens is 1. The van der Waals surface area contributed by atoms with Gasteiger partial charge in [0.05, 0.1) is 29.0 Å². The number of hydrogen-bond donors (Lipinski definition) is 2. The average Bonchev–Trinajstić information content (AvgIpc) is 3.14. The van der Waals surface area contributed by atoms with Gasteiger partial charge in [0.1, 0.15) is 5.82 Å². The molecule has 0 saturated heterocycles. The van der Waals surface area contributed by atoms with Crippen molar-refractivity contribution in [3.05, 3.63) is 62.1 Å². The predicted molar refractivity (Wildman–Crippen MR) is 103 cm³/mol. The number of nitrogens with zero attached hydrogens (tertiary/aromatic N) is 1. The molecule has 4 rings (SSSR count). The SMILES string of the molecule is CN(C(=O)Nc1ccc(F)c(Cl)c1)[C@@H]1COCc2[nH]c(=O)c3sccc3c21. The summed E-state index contributed by atoms with van der Waals surface area (Å²) in [6, 6.07) is 5.09. The summed E-state index contributed by atoms with van der Waals surface area (Å²) in [5.74, 6) is -0.554. The zero-order valence-corrected chi connectivity index (χ0v) is 15.8. The fourth-order valence-electron chi connectivity index (χ4n) is 3.20. The lowest BCUT2D eigenvalue weighted by Gasteiger charge is -2.33. The molecule has 2 amide bonds. The third-order valence-electron chi connectivity index (χ3n) is 4.57. The van der Waals surface area contributed by atoms with E-state index in [-0.39, 0.29) is 23.2 Å². The highest BCUT2D eigenvalue weighted by Gasteiger charge is 2.30. The summed E-state index contributed by atoms with van der Waals surface area (Å²) in [5, 5.41) is 5.32. The Labute approximate surface area is 162 Å². The van der Waals surface area contributed by atoms with Gasteiger partial charge < -0.3 is 19.9 Å². The Morgan fingerprint density at radius 1 is 1.44 bits per heavy atom. The van der Waals surface area contributed by atoms with E-state index in [0.29, 0.717) is 22.7 Å². The van der Waals surface area contributed by atoms with Crippen LogP contribution >= 0.6 is 22.9 Å². The number of thiophene rings is 1. The largest absolute Gasteiger partial charge is 0.373 e. The molecule has 6 nitrogen and oxygen atoms in total. The summed E-state index contributed by atoms with van der Waals surface area (Å²) in [7, 11) is 1.65. The summed E-state index contributed by atoms with van der Waals surface area (Å²) >= 11 is 7.13. The third kappa shape index (κ3) is 3.20. The highest BCUT2D eigenvalue weighted by molar-refractivity contribution is 7.17. The van der Waals surface area contributed by atoms with Crippen molar-refractivity contribution in [2.24, 2.45) is 0 Å². The van der Waals surface area contributed by atoms with Crippen molar-refractivity contribution >= 4 is 44.7 Å². The Kier molecular flexibility index (Phi) is 4.63. The molecule has 3 heterocycles. The number of rotatable bonds is 2. The van der Waals surface area contributed by atoms with E-state index >= 15 is 0 Å². The normalized spacial score (nSPS) is 16.2. The number of aromatic amines is 1. The first-order chi connectivity index (χ1) is 13.0. The average molecular weight is 408 g/mol. The Balaban J connectivity index is 1.66. The lowest BCUT2D eigenvalue weighted by Crippen LogP contribution is -2.39. The van der Waals surface area contributed by atoms with Gasteiger partial charge in [-0.2, -0.15) is 0 Å². The van der Waals surface area contributed by atoms with Crippen LogP contribution in [0, 0.1) is 5.82 Å². The van der Waals surface area contributed by atoms with Crippen LogP contribution < -0.4 is 10.9 Å². The van der Waals surface area contributed by atoms with E-state index in [9.17, 15) is 14.0 Å². The predicted octanol–water partition coefficient (Wildman–Crippen LogP) is 4.12. The van der Waals surface area contributed by atoms with Crippen LogP contribution in [0.1, 0.15) is 17.3 Å². The number of halogens is 2. The van der Waals surface area contributed by atoms with Crippen LogP contribution in [0.5, 0.6) is 0 Å². The number of anilines is 1. The van der Waals surface area contributed by atoms with Gasteiger partial charge in [-0.05, 0) is 29.6 Å². The second-order valence-corrected chi connectivity index (χ2v) is 7.53. The minimum Gasteiger partial charge on any atom is -0.373 e. The van der Waals surface area contributed by atoms with E-state index < -0.39 is 11.8 Å². The van der Waals surface area contributed by atoms with Gasteiger partial charge in [0.15, 0.2) is 0 Å². The Morgan fingerprint density at radius 2 is 2.26 bits per heavy atom. The lowest BCUT2D eigenvalue weighted by atomic mass is 9.99. The fourth-order valence-corrected chi connectivity index (χ4v) is 4.19. The molecule has 1 aliphatic rings. The van der Waals surface area contributed by atoms with Crippen molar-refractivity contribution in [2.45, 2.75) is 12.6 Å². The second-order valence-electron chi connectivity index (χ2n) is 6.21. The number of amides is 2. The van der Waals surface area contributed by atoms with Gasteiger partial charge in [0.2, 0.25) is 0 Å². The van der Waals surface area contributed by atoms with Gasteiger partial charge in [-0.15, -0.1) is 11.3 Å². The summed E-state index contributed by atoms with van der Waals surface area (Å²) in [5.41, 5.74) is 1.78. The molecule has 0 saturated carbocycles. The van der Waals surface area contributed by atoms with Gasteiger partial charge in [-0.25, -0.2) is 9.18 Å². The first-order valence-corrected chi connectivity index (χ1v) is 9.40. The monoisotopic (exact) mass is 407 g/mol. The van der Waals surface area contributed by atoms with E-state index in [1.807, 2.05) is 11.4 Å². The molecular formula is C18H15ClFN3O3S. The lowest BCUT2D eigenvalue weighted by molar-refractivity contribution is 0.0528. The molecule has 2 aromatic heterocycles. The number of pyridine rings is 1. The minimum atomic E-state index is -0.554. The standard InChI is InChI=1S/C18H15ClFN3O3S/c1-23(18(25)21-9-2-3-12(20)11(19)6-9)14-8-26-7-13-15(14)10-4-5-27-16(10)17(24)22-13/h2-6,14H,7-8H2,1H3,(H,21,25)(H,22,24)/t14-/m1/s1. The molecule has 1 aromatic carbocycles. The van der Waals surface area contributed by atoms with Crippen LogP contribution in [0.2, 0.25) is 5.02 Å². The van der Waals surface area contributed by atoms with Crippen LogP contribution in [0.25, 0.3) is 10.1 Å². The number of carbonyl (C=O) groups is 1. The van der Waals surface area contributed by atoms with Crippen molar-refractivity contribution in [2.75, 3.05) is 19.0 Å². The maximum Gasteiger partial charge on any atom is 0.322 e. The minimum absolute atomic E-state index is 0.0700. The summed E-state index contributed by atoms with van der Waals surface area (Å²) < 4.78 is 19.5. The number of likely N-dealkylation sites (N-methyl/N-ethyl adjacent to an activating group) is 1. The molecule has 1 atom stereocenters. The highest BCUT2D eigenvalue weighted by Crippen LogP contribution is 2.34. The van der Waals surface area contributed by atoms with E-state index in [0.717, 1.165) is 10.9 Å². The Bertz CT molecular complexity index is 1100. The van der Waals surface area contributed by atoms with Crippen molar-refractivity contribution < 1.29 is 13.9 Å². The van der Waals surface area contributed by atoms with Crippen molar-refractivity contribution in [3.8, 4) is 0 Å². The van der Waals surface area contributed by atoms with E-state index in [4.69, 9.17) is 16.3 Å². The molecule has 2 N–H and O–H groups in total. The Morgan fingerprint density at radius 3 is 3.04 bits per heavy atom. The van der Waals surface area contributed by atoms with Crippen LogP contribution in [-0.4, -0.2) is 29.6 Å². The van der Waals surface area contributed by atoms with Crippen LogP contribution in [0.4, 0.5) is 14.9 Å². The van der Waals surface area contributed by atoms with Crippen molar-refractivity contribution in [1.29, 1.82) is 0 Å². The number of carbonyl (C=O) groups excluding carboxylic acids is 1. The molecule has 0 unspecified atom stereocenters. The smallest absolute Gasteiger partial charge is 0.322 e. The first kappa shape index (κ1) is 18.0. The molecule has 0 radical (unpaired) electrons. The van der Waals surface area contributed by atoms with Crippen LogP contribution in [0.3, 0.4) is 0 Å². The second kappa shape index (κ2) is 6.95. The number of fused-ring (bicyclic) bond motifs is 3. The maximum absolute atomic E-state index is 13.3. The molecule has 0 fully saturated rings.